The molecule has 28 heavy (non-hydrogen) atoms. The second-order valence-electron chi connectivity index (χ2n) is 6.57. The normalized spacial score (nSPS) is 11.6. The number of rotatable bonds is 8. The number of amides is 1. The molecule has 144 valence electrons. The minimum Gasteiger partial charge on any atom is -0.497 e. The molecule has 0 saturated carbocycles. The van der Waals surface area contributed by atoms with Crippen LogP contribution in [0.2, 0.25) is 0 Å². The minimum absolute atomic E-state index is 0.0599. The molecule has 0 fully saturated rings. The SMILES string of the molecule is CC[C@H](NCC(=O)Nc1ccccc1-c1ccccc1)c1ccc(OC)cc1. The summed E-state index contributed by atoms with van der Waals surface area (Å²) in [6.07, 6.45) is 0.889. The minimum atomic E-state index is -0.0599. The number of para-hydroxylation sites is 1. The molecule has 0 radical (unpaired) electrons. The first-order valence-corrected chi connectivity index (χ1v) is 9.53. The van der Waals surface area contributed by atoms with Crippen LogP contribution in [-0.2, 0) is 4.79 Å². The molecule has 3 aromatic carbocycles. The monoisotopic (exact) mass is 374 g/mol. The third-order valence-electron chi connectivity index (χ3n) is 4.72. The van der Waals surface area contributed by atoms with E-state index in [-0.39, 0.29) is 18.5 Å². The largest absolute Gasteiger partial charge is 0.497 e. The number of carbonyl (C=O) groups is 1. The van der Waals surface area contributed by atoms with Crippen molar-refractivity contribution in [3.05, 3.63) is 84.4 Å². The lowest BCUT2D eigenvalue weighted by Gasteiger charge is -2.18. The van der Waals surface area contributed by atoms with Gasteiger partial charge < -0.3 is 15.4 Å². The van der Waals surface area contributed by atoms with E-state index in [1.165, 1.54) is 0 Å². The summed E-state index contributed by atoms with van der Waals surface area (Å²) in [6.45, 7) is 2.35. The van der Waals surface area contributed by atoms with Gasteiger partial charge in [0.05, 0.1) is 13.7 Å². The van der Waals surface area contributed by atoms with E-state index in [0.29, 0.717) is 0 Å². The summed E-state index contributed by atoms with van der Waals surface area (Å²) in [4.78, 5) is 12.6. The number of ether oxygens (including phenoxy) is 1. The highest BCUT2D eigenvalue weighted by molar-refractivity contribution is 5.96. The average Bonchev–Trinajstić information content (AvgIpc) is 2.75. The Labute approximate surface area is 166 Å². The summed E-state index contributed by atoms with van der Waals surface area (Å²) >= 11 is 0. The molecule has 0 heterocycles. The van der Waals surface area contributed by atoms with Gasteiger partial charge in [0, 0.05) is 17.3 Å². The number of methoxy groups -OCH3 is 1. The molecule has 0 aromatic heterocycles. The van der Waals surface area contributed by atoms with Crippen molar-refractivity contribution in [3.8, 4) is 16.9 Å². The molecule has 0 aliphatic heterocycles. The molecule has 4 nitrogen and oxygen atoms in total. The maximum absolute atomic E-state index is 12.6. The molecule has 1 amide bonds. The van der Waals surface area contributed by atoms with Crippen molar-refractivity contribution in [1.29, 1.82) is 0 Å². The number of anilines is 1. The zero-order valence-corrected chi connectivity index (χ0v) is 16.3. The van der Waals surface area contributed by atoms with E-state index in [4.69, 9.17) is 4.74 Å². The molecule has 0 bridgehead atoms. The highest BCUT2D eigenvalue weighted by Gasteiger charge is 2.12. The van der Waals surface area contributed by atoms with Crippen molar-refractivity contribution in [2.24, 2.45) is 0 Å². The van der Waals surface area contributed by atoms with Gasteiger partial charge in [0.25, 0.3) is 0 Å². The van der Waals surface area contributed by atoms with Gasteiger partial charge in [-0.2, -0.15) is 0 Å². The van der Waals surface area contributed by atoms with Gasteiger partial charge in [0.1, 0.15) is 5.75 Å². The molecule has 0 aliphatic rings. The summed E-state index contributed by atoms with van der Waals surface area (Å²) < 4.78 is 5.21. The van der Waals surface area contributed by atoms with E-state index in [1.807, 2.05) is 78.9 Å². The number of hydrogen-bond acceptors (Lipinski definition) is 3. The Morgan fingerprint density at radius 2 is 1.61 bits per heavy atom. The van der Waals surface area contributed by atoms with Crippen molar-refractivity contribution in [2.45, 2.75) is 19.4 Å². The van der Waals surface area contributed by atoms with E-state index >= 15 is 0 Å². The van der Waals surface area contributed by atoms with Gasteiger partial charge in [-0.15, -0.1) is 0 Å². The first-order chi connectivity index (χ1) is 13.7. The van der Waals surface area contributed by atoms with Crippen LogP contribution in [0.5, 0.6) is 5.75 Å². The van der Waals surface area contributed by atoms with E-state index in [2.05, 4.69) is 17.6 Å². The molecule has 0 aliphatic carbocycles. The third kappa shape index (κ3) is 4.99. The molecule has 1 atom stereocenters. The fourth-order valence-electron chi connectivity index (χ4n) is 3.21. The molecule has 0 spiro atoms. The summed E-state index contributed by atoms with van der Waals surface area (Å²) in [7, 11) is 1.65. The van der Waals surface area contributed by atoms with Crippen molar-refractivity contribution in [1.82, 2.24) is 5.32 Å². The number of carbonyl (C=O) groups excluding carboxylic acids is 1. The van der Waals surface area contributed by atoms with Crippen LogP contribution in [0.4, 0.5) is 5.69 Å². The van der Waals surface area contributed by atoms with Crippen molar-refractivity contribution >= 4 is 11.6 Å². The van der Waals surface area contributed by atoms with E-state index < -0.39 is 0 Å². The van der Waals surface area contributed by atoms with Gasteiger partial charge in [0.15, 0.2) is 0 Å². The zero-order chi connectivity index (χ0) is 19.8. The second-order valence-corrected chi connectivity index (χ2v) is 6.57. The Hall–Kier alpha value is -3.11. The highest BCUT2D eigenvalue weighted by atomic mass is 16.5. The van der Waals surface area contributed by atoms with Crippen molar-refractivity contribution in [2.75, 3.05) is 19.0 Å². The van der Waals surface area contributed by atoms with Gasteiger partial charge in [-0.1, -0.05) is 67.6 Å². The lowest BCUT2D eigenvalue weighted by atomic mass is 10.0. The quantitative estimate of drug-likeness (QED) is 0.581. The Balaban J connectivity index is 1.64. The number of benzene rings is 3. The maximum Gasteiger partial charge on any atom is 0.238 e. The topological polar surface area (TPSA) is 50.4 Å². The van der Waals surface area contributed by atoms with Crippen molar-refractivity contribution < 1.29 is 9.53 Å². The number of nitrogens with one attached hydrogen (secondary N) is 2. The van der Waals surface area contributed by atoms with Gasteiger partial charge in [0.2, 0.25) is 5.91 Å². The molecular formula is C24H26N2O2. The standard InChI is InChI=1S/C24H26N2O2/c1-3-22(19-13-15-20(28-2)16-14-19)25-17-24(27)26-23-12-8-7-11-21(23)18-9-5-4-6-10-18/h4-16,22,25H,3,17H2,1-2H3,(H,26,27)/t22-/m0/s1. The third-order valence-corrected chi connectivity index (χ3v) is 4.72. The first kappa shape index (κ1) is 19.6. The Morgan fingerprint density at radius 1 is 0.929 bits per heavy atom. The predicted molar refractivity (Wildman–Crippen MR) is 115 cm³/mol. The molecular weight excluding hydrogens is 348 g/mol. The van der Waals surface area contributed by atoms with E-state index in [1.54, 1.807) is 7.11 Å². The molecule has 4 heteroatoms. The highest BCUT2D eigenvalue weighted by Crippen LogP contribution is 2.27. The molecule has 0 saturated heterocycles. The van der Waals surface area contributed by atoms with Gasteiger partial charge in [-0.05, 0) is 35.7 Å². The Kier molecular flexibility index (Phi) is 6.82. The van der Waals surface area contributed by atoms with E-state index in [9.17, 15) is 4.79 Å². The van der Waals surface area contributed by atoms with Crippen molar-refractivity contribution in [3.63, 3.8) is 0 Å². The molecule has 0 unspecified atom stereocenters. The molecule has 2 N–H and O–H groups in total. The van der Waals surface area contributed by atoms with Crippen LogP contribution in [0.1, 0.15) is 24.9 Å². The van der Waals surface area contributed by atoms with Crippen LogP contribution >= 0.6 is 0 Å². The fourth-order valence-corrected chi connectivity index (χ4v) is 3.21. The number of hydrogen-bond donors (Lipinski definition) is 2. The lowest BCUT2D eigenvalue weighted by molar-refractivity contribution is -0.115. The fraction of sp³-hybridized carbons (Fsp3) is 0.208. The predicted octanol–water partition coefficient (Wildman–Crippen LogP) is 5.04. The first-order valence-electron chi connectivity index (χ1n) is 9.53. The smallest absolute Gasteiger partial charge is 0.238 e. The van der Waals surface area contributed by atoms with Crippen LogP contribution in [0, 0.1) is 0 Å². The van der Waals surface area contributed by atoms with Crippen LogP contribution in [0.15, 0.2) is 78.9 Å². The second kappa shape index (κ2) is 9.72. The Morgan fingerprint density at radius 3 is 2.29 bits per heavy atom. The average molecular weight is 374 g/mol. The summed E-state index contributed by atoms with van der Waals surface area (Å²) in [5.74, 6) is 0.768. The summed E-state index contributed by atoms with van der Waals surface area (Å²) in [5, 5.41) is 6.39. The summed E-state index contributed by atoms with van der Waals surface area (Å²) in [5.41, 5.74) is 4.05. The zero-order valence-electron chi connectivity index (χ0n) is 16.3. The van der Waals surface area contributed by atoms with Crippen LogP contribution in [-0.4, -0.2) is 19.6 Å². The summed E-state index contributed by atoms with van der Waals surface area (Å²) in [6, 6.07) is 26.0. The molecule has 3 rings (SSSR count). The van der Waals surface area contributed by atoms with Crippen LogP contribution in [0.3, 0.4) is 0 Å². The molecule has 3 aromatic rings. The van der Waals surface area contributed by atoms with Gasteiger partial charge in [-0.3, -0.25) is 4.79 Å². The van der Waals surface area contributed by atoms with Gasteiger partial charge in [-0.25, -0.2) is 0 Å². The Bertz CT molecular complexity index is 892. The van der Waals surface area contributed by atoms with E-state index in [0.717, 1.165) is 34.5 Å². The van der Waals surface area contributed by atoms with Gasteiger partial charge >= 0.3 is 0 Å². The van der Waals surface area contributed by atoms with Crippen LogP contribution in [0.25, 0.3) is 11.1 Å². The van der Waals surface area contributed by atoms with Crippen LogP contribution < -0.4 is 15.4 Å². The lowest BCUT2D eigenvalue weighted by Crippen LogP contribution is -2.31. The maximum atomic E-state index is 12.6.